The number of hydrogen-bond donors (Lipinski definition) is 0. The van der Waals surface area contributed by atoms with Gasteiger partial charge in [-0.3, -0.25) is 0 Å². The van der Waals surface area contributed by atoms with Gasteiger partial charge in [-0.25, -0.2) is 0 Å². The molecule has 62 valence electrons. The van der Waals surface area contributed by atoms with Crippen LogP contribution in [0.4, 0.5) is 0 Å². The van der Waals surface area contributed by atoms with E-state index in [9.17, 15) is 0 Å². The number of hydrogen-bond acceptors (Lipinski definition) is 0. The number of rotatable bonds is 2. The Balaban J connectivity index is 4.40. The first-order valence-electron chi connectivity index (χ1n) is 2.23. The molecular weight excluding hydrogens is 527 g/mol. The summed E-state index contributed by atoms with van der Waals surface area (Å²) >= 11 is 20.7. The molecule has 0 N–H and O–H groups in total. The molecule has 0 aromatic rings. The predicted octanol–water partition coefficient (Wildman–Crippen LogP) is 5.09. The highest BCUT2D eigenvalue weighted by atomic mass is 79.9. The summed E-state index contributed by atoms with van der Waals surface area (Å²) in [5.41, 5.74) is 0. The van der Waals surface area contributed by atoms with Gasteiger partial charge in [0.25, 0.3) is 0 Å². The molecule has 0 aromatic carbocycles. The van der Waals surface area contributed by atoms with Gasteiger partial charge in [-0.2, -0.15) is 0 Å². The summed E-state index contributed by atoms with van der Waals surface area (Å²) in [5, 5.41) is 0. The molecule has 0 aliphatic rings. The maximum Gasteiger partial charge on any atom is 0.127 e. The van der Waals surface area contributed by atoms with Crippen LogP contribution < -0.4 is 0 Å². The Kier molecular flexibility index (Phi) is 5.67. The van der Waals surface area contributed by atoms with Crippen LogP contribution in [0.5, 0.6) is 0 Å². The lowest BCUT2D eigenvalue weighted by Gasteiger charge is -2.32. The molecule has 0 aliphatic heterocycles. The van der Waals surface area contributed by atoms with Gasteiger partial charge in [0.2, 0.25) is 0 Å². The molecule has 0 fully saturated rings. The molecule has 0 rings (SSSR count). The molecule has 0 unspecified atom stereocenters. The van der Waals surface area contributed by atoms with Crippen molar-refractivity contribution in [1.82, 2.24) is 0 Å². The second-order valence-electron chi connectivity index (χ2n) is 1.81. The van der Waals surface area contributed by atoms with Crippen LogP contribution in [-0.2, 0) is 0 Å². The van der Waals surface area contributed by atoms with Crippen molar-refractivity contribution in [3.63, 3.8) is 0 Å². The minimum Gasteiger partial charge on any atom is -0.0739 e. The molecule has 10 heavy (non-hydrogen) atoms. The largest absolute Gasteiger partial charge is 0.127 e. The van der Waals surface area contributed by atoms with Crippen LogP contribution in [0.25, 0.3) is 0 Å². The van der Waals surface area contributed by atoms with Gasteiger partial charge in [-0.15, -0.1) is 0 Å². The Labute approximate surface area is 111 Å². The Bertz CT molecular complexity index is 111. The van der Waals surface area contributed by atoms with Crippen LogP contribution in [-0.4, -0.2) is 10.2 Å². The first-order valence-corrected chi connectivity index (χ1v) is 7.23. The van der Waals surface area contributed by atoms with E-state index in [2.05, 4.69) is 95.6 Å². The molecule has 0 atom stereocenters. The molecule has 0 saturated heterocycles. The molecule has 0 amide bonds. The van der Waals surface area contributed by atoms with Crippen LogP contribution in [0.2, 0.25) is 0 Å². The molecule has 0 aliphatic carbocycles. The maximum absolute atomic E-state index is 3.50. The summed E-state index contributed by atoms with van der Waals surface area (Å²) in [5.74, 6) is 0. The van der Waals surface area contributed by atoms with E-state index in [0.29, 0.717) is 0 Å². The smallest absolute Gasteiger partial charge is 0.0739 e. The number of alkyl halides is 6. The fourth-order valence-corrected chi connectivity index (χ4v) is 2.79. The van der Waals surface area contributed by atoms with Gasteiger partial charge in [0.1, 0.15) is 6.47 Å². The van der Waals surface area contributed by atoms with Gasteiger partial charge in [-0.05, 0) is 6.92 Å². The van der Waals surface area contributed by atoms with E-state index in [-0.39, 0.29) is 10.2 Å². The third-order valence-corrected chi connectivity index (χ3v) is 10.6. The monoisotopic (exact) mass is 526 g/mol. The predicted molar refractivity (Wildman–Crippen MR) is 68.5 cm³/mol. The normalized spacial score (nSPS) is 14.4. The lowest BCUT2D eigenvalue weighted by molar-refractivity contribution is 0.869. The van der Waals surface area contributed by atoms with Crippen molar-refractivity contribution in [2.24, 2.45) is 0 Å². The highest BCUT2D eigenvalue weighted by molar-refractivity contribution is 9.32. The van der Waals surface area contributed by atoms with E-state index in [1.165, 1.54) is 0 Å². The first kappa shape index (κ1) is 12.9. The zero-order valence-corrected chi connectivity index (χ0v) is 14.4. The molecule has 0 heterocycles. The second-order valence-corrected chi connectivity index (χ2v) is 12.7. The lowest BCUT2D eigenvalue weighted by Crippen LogP contribution is -2.36. The average Bonchev–Trinajstić information content (AvgIpc) is 1.62. The van der Waals surface area contributed by atoms with Crippen molar-refractivity contribution in [2.45, 2.75) is 17.1 Å². The summed E-state index contributed by atoms with van der Waals surface area (Å²) in [6.45, 7) is 1.99. The van der Waals surface area contributed by atoms with Crippen LogP contribution in [0.3, 0.4) is 0 Å². The highest BCUT2D eigenvalue weighted by Gasteiger charge is 2.45. The topological polar surface area (TPSA) is 0 Å². The van der Waals surface area contributed by atoms with Crippen molar-refractivity contribution in [3.05, 3.63) is 0 Å². The zero-order chi connectivity index (χ0) is 8.58. The van der Waals surface area contributed by atoms with Crippen molar-refractivity contribution in [1.29, 1.82) is 0 Å². The second kappa shape index (κ2) is 4.40. The van der Waals surface area contributed by atoms with Crippen LogP contribution >= 0.6 is 95.6 Å². The molecule has 0 radical (unpaired) electrons. The van der Waals surface area contributed by atoms with Gasteiger partial charge in [0.15, 0.2) is 0 Å². The lowest BCUT2D eigenvalue weighted by atomic mass is 10.4. The van der Waals surface area contributed by atoms with Gasteiger partial charge < -0.3 is 0 Å². The summed E-state index contributed by atoms with van der Waals surface area (Å²) in [6, 6.07) is 0. The van der Waals surface area contributed by atoms with E-state index >= 15 is 0 Å². The molecular formula is C4H4Br6. The number of halogens is 6. The van der Waals surface area contributed by atoms with Crippen molar-refractivity contribution < 1.29 is 0 Å². The fourth-order valence-electron chi connectivity index (χ4n) is 0.192. The van der Waals surface area contributed by atoms with E-state index in [0.717, 1.165) is 0 Å². The van der Waals surface area contributed by atoms with Crippen molar-refractivity contribution >= 4 is 95.6 Å². The van der Waals surface area contributed by atoms with E-state index in [1.54, 1.807) is 0 Å². The van der Waals surface area contributed by atoms with Crippen LogP contribution in [0.15, 0.2) is 0 Å². The standard InChI is InChI=1S/C4H4Br6/c1-3(7,8)4(9,10)2(5)6/h2H,1H3. The minimum atomic E-state index is -0.271. The van der Waals surface area contributed by atoms with Gasteiger partial charge >= 0.3 is 0 Å². The van der Waals surface area contributed by atoms with Crippen molar-refractivity contribution in [3.8, 4) is 0 Å². The van der Waals surface area contributed by atoms with E-state index < -0.39 is 0 Å². The summed E-state index contributed by atoms with van der Waals surface area (Å²) in [6.07, 6.45) is 0. The first-order chi connectivity index (χ1) is 4.19. The zero-order valence-electron chi connectivity index (χ0n) is 4.85. The maximum atomic E-state index is 3.50. The molecule has 0 spiro atoms. The average molecular weight is 532 g/mol. The third-order valence-electron chi connectivity index (χ3n) is 0.859. The molecule has 6 heteroatoms. The van der Waals surface area contributed by atoms with E-state index in [1.807, 2.05) is 6.92 Å². The Morgan fingerprint density at radius 2 is 1.30 bits per heavy atom. The van der Waals surface area contributed by atoms with Gasteiger partial charge in [-0.1, -0.05) is 95.6 Å². The molecule has 0 bridgehead atoms. The van der Waals surface area contributed by atoms with Crippen molar-refractivity contribution in [2.75, 3.05) is 0 Å². The quantitative estimate of drug-likeness (QED) is 0.436. The molecule has 0 aromatic heterocycles. The SMILES string of the molecule is CC(Br)(Br)C(Br)(Br)C(Br)Br. The van der Waals surface area contributed by atoms with Gasteiger partial charge in [0.05, 0.1) is 3.74 Å². The Hall–Kier alpha value is 2.88. The molecule has 0 saturated carbocycles. The minimum absolute atomic E-state index is 0.122. The van der Waals surface area contributed by atoms with Gasteiger partial charge in [0, 0.05) is 0 Å². The van der Waals surface area contributed by atoms with Crippen LogP contribution in [0.1, 0.15) is 6.92 Å². The molecule has 0 nitrogen and oxygen atoms in total. The summed E-state index contributed by atoms with van der Waals surface area (Å²) in [4.78, 5) is 0. The van der Waals surface area contributed by atoms with Crippen LogP contribution in [0, 0.1) is 0 Å². The van der Waals surface area contributed by atoms with E-state index in [4.69, 9.17) is 0 Å². The Morgan fingerprint density at radius 3 is 1.30 bits per heavy atom. The fraction of sp³-hybridized carbons (Fsp3) is 1.00. The highest BCUT2D eigenvalue weighted by Crippen LogP contribution is 2.53. The summed E-state index contributed by atoms with van der Waals surface area (Å²) in [7, 11) is 0. The summed E-state index contributed by atoms with van der Waals surface area (Å²) < 4.78 is -0.367. The Morgan fingerprint density at radius 1 is 1.00 bits per heavy atom. The third kappa shape index (κ3) is 3.32.